The van der Waals surface area contributed by atoms with Crippen molar-refractivity contribution in [3.63, 3.8) is 0 Å². The minimum Gasteiger partial charge on any atom is -0.497 e. The van der Waals surface area contributed by atoms with Crippen molar-refractivity contribution in [2.45, 2.75) is 6.54 Å². The molecule has 1 aromatic carbocycles. The molecule has 0 aliphatic carbocycles. The fraction of sp³-hybridized carbons (Fsp3) is 0.154. The number of benzene rings is 1. The van der Waals surface area contributed by atoms with Gasteiger partial charge < -0.3 is 10.1 Å². The van der Waals surface area contributed by atoms with Crippen LogP contribution in [0.2, 0.25) is 0 Å². The van der Waals surface area contributed by atoms with Crippen molar-refractivity contribution in [2.24, 2.45) is 0 Å². The Bertz CT molecular complexity index is 555. The first-order chi connectivity index (χ1) is 9.19. The Morgan fingerprint density at radius 3 is 2.58 bits per heavy atom. The summed E-state index contributed by atoms with van der Waals surface area (Å²) >= 11 is 3.17. The number of amides is 1. The van der Waals surface area contributed by atoms with Crippen LogP contribution in [0.1, 0.15) is 16.1 Å². The van der Waals surface area contributed by atoms with Gasteiger partial charge in [0, 0.05) is 6.54 Å². The summed E-state index contributed by atoms with van der Waals surface area (Å²) in [5.74, 6) is 0.532. The first kappa shape index (κ1) is 13.5. The van der Waals surface area contributed by atoms with E-state index in [-0.39, 0.29) is 11.6 Å². The van der Waals surface area contributed by atoms with Gasteiger partial charge in [0.2, 0.25) is 0 Å². The van der Waals surface area contributed by atoms with Gasteiger partial charge in [0.1, 0.15) is 16.0 Å². The van der Waals surface area contributed by atoms with Crippen LogP contribution >= 0.6 is 15.9 Å². The molecule has 0 fully saturated rings. The van der Waals surface area contributed by atoms with Crippen molar-refractivity contribution < 1.29 is 9.53 Å². The molecule has 1 amide bonds. The summed E-state index contributed by atoms with van der Waals surface area (Å²) in [5.41, 5.74) is 1.27. The van der Waals surface area contributed by atoms with Crippen LogP contribution in [0.4, 0.5) is 0 Å². The second-order valence-electron chi connectivity index (χ2n) is 3.76. The van der Waals surface area contributed by atoms with Crippen LogP contribution in [0.15, 0.2) is 41.3 Å². The molecule has 0 atom stereocenters. The van der Waals surface area contributed by atoms with Crippen molar-refractivity contribution in [1.82, 2.24) is 15.3 Å². The summed E-state index contributed by atoms with van der Waals surface area (Å²) in [6.45, 7) is 0.431. The molecule has 2 rings (SSSR count). The van der Waals surface area contributed by atoms with Gasteiger partial charge in [-0.3, -0.25) is 4.79 Å². The molecule has 5 nitrogen and oxygen atoms in total. The van der Waals surface area contributed by atoms with Crippen LogP contribution in [0, 0.1) is 0 Å². The van der Waals surface area contributed by atoms with Gasteiger partial charge in [0.05, 0.1) is 19.5 Å². The van der Waals surface area contributed by atoms with E-state index in [0.717, 1.165) is 11.3 Å². The number of hydrogen-bond acceptors (Lipinski definition) is 4. The standard InChI is InChI=1S/C13H12BrN3O2/c1-19-10-4-2-9(3-5-10)6-17-13(18)11-7-16-12(14)8-15-11/h2-5,7-8H,6H2,1H3,(H,17,18). The summed E-state index contributed by atoms with van der Waals surface area (Å²) in [4.78, 5) is 19.7. The van der Waals surface area contributed by atoms with E-state index in [0.29, 0.717) is 11.1 Å². The molecule has 0 saturated carbocycles. The Balaban J connectivity index is 1.94. The number of hydrogen-bond donors (Lipinski definition) is 1. The van der Waals surface area contributed by atoms with E-state index < -0.39 is 0 Å². The second kappa shape index (κ2) is 6.29. The number of halogens is 1. The third-order valence-electron chi connectivity index (χ3n) is 2.47. The largest absolute Gasteiger partial charge is 0.497 e. The first-order valence-corrected chi connectivity index (χ1v) is 6.37. The number of rotatable bonds is 4. The van der Waals surface area contributed by atoms with E-state index in [1.54, 1.807) is 7.11 Å². The van der Waals surface area contributed by atoms with Gasteiger partial charge in [-0.05, 0) is 33.6 Å². The molecule has 0 bridgehead atoms. The normalized spacial score (nSPS) is 10.0. The molecule has 2 aromatic rings. The van der Waals surface area contributed by atoms with E-state index in [1.165, 1.54) is 12.4 Å². The van der Waals surface area contributed by atoms with Crippen molar-refractivity contribution in [3.8, 4) is 5.75 Å². The summed E-state index contributed by atoms with van der Waals surface area (Å²) in [6.07, 6.45) is 2.91. The highest BCUT2D eigenvalue weighted by Crippen LogP contribution is 2.11. The van der Waals surface area contributed by atoms with Crippen LogP contribution in [0.3, 0.4) is 0 Å². The summed E-state index contributed by atoms with van der Waals surface area (Å²) in [7, 11) is 1.61. The van der Waals surface area contributed by atoms with Crippen LogP contribution in [-0.4, -0.2) is 23.0 Å². The van der Waals surface area contributed by atoms with Gasteiger partial charge >= 0.3 is 0 Å². The van der Waals surface area contributed by atoms with Gasteiger partial charge in [-0.25, -0.2) is 9.97 Å². The predicted octanol–water partition coefficient (Wildman–Crippen LogP) is 2.18. The highest BCUT2D eigenvalue weighted by atomic mass is 79.9. The molecular weight excluding hydrogens is 310 g/mol. The molecule has 0 aliphatic heterocycles. The third-order valence-corrected chi connectivity index (χ3v) is 2.87. The topological polar surface area (TPSA) is 64.1 Å². The molecule has 98 valence electrons. The quantitative estimate of drug-likeness (QED) is 0.937. The Morgan fingerprint density at radius 2 is 2.00 bits per heavy atom. The summed E-state index contributed by atoms with van der Waals surface area (Å²) in [5, 5.41) is 2.77. The Hall–Kier alpha value is -1.95. The maximum absolute atomic E-state index is 11.8. The van der Waals surface area contributed by atoms with E-state index in [4.69, 9.17) is 4.74 Å². The maximum atomic E-state index is 11.8. The lowest BCUT2D eigenvalue weighted by atomic mass is 10.2. The average molecular weight is 322 g/mol. The average Bonchev–Trinajstić information content (AvgIpc) is 2.46. The monoisotopic (exact) mass is 321 g/mol. The van der Waals surface area contributed by atoms with E-state index in [9.17, 15) is 4.79 Å². The molecule has 0 saturated heterocycles. The molecular formula is C13H12BrN3O2. The Labute approximate surface area is 119 Å². The molecule has 1 N–H and O–H groups in total. The molecule has 0 aliphatic rings. The zero-order valence-electron chi connectivity index (χ0n) is 10.3. The van der Waals surface area contributed by atoms with E-state index in [2.05, 4.69) is 31.2 Å². The second-order valence-corrected chi connectivity index (χ2v) is 4.57. The Kier molecular flexibility index (Phi) is 4.46. The molecule has 0 radical (unpaired) electrons. The van der Waals surface area contributed by atoms with E-state index >= 15 is 0 Å². The number of carbonyl (C=O) groups is 1. The third kappa shape index (κ3) is 3.75. The van der Waals surface area contributed by atoms with Gasteiger partial charge in [-0.15, -0.1) is 0 Å². The SMILES string of the molecule is COc1ccc(CNC(=O)c2cnc(Br)cn2)cc1. The lowest BCUT2D eigenvalue weighted by Gasteiger charge is -2.05. The molecule has 19 heavy (non-hydrogen) atoms. The van der Waals surface area contributed by atoms with Gasteiger partial charge in [0.25, 0.3) is 5.91 Å². The highest BCUT2D eigenvalue weighted by molar-refractivity contribution is 9.10. The van der Waals surface area contributed by atoms with Crippen molar-refractivity contribution in [1.29, 1.82) is 0 Å². The van der Waals surface area contributed by atoms with Crippen molar-refractivity contribution >= 4 is 21.8 Å². The predicted molar refractivity (Wildman–Crippen MR) is 73.9 cm³/mol. The zero-order valence-corrected chi connectivity index (χ0v) is 11.8. The number of ether oxygens (including phenoxy) is 1. The zero-order chi connectivity index (χ0) is 13.7. The van der Waals surface area contributed by atoms with Crippen LogP contribution in [-0.2, 0) is 6.54 Å². The summed E-state index contributed by atoms with van der Waals surface area (Å²) < 4.78 is 5.66. The minimum absolute atomic E-state index is 0.254. The van der Waals surface area contributed by atoms with Crippen molar-refractivity contribution in [3.05, 3.63) is 52.5 Å². The van der Waals surface area contributed by atoms with Gasteiger partial charge in [0.15, 0.2) is 0 Å². The fourth-order valence-corrected chi connectivity index (χ4v) is 1.65. The smallest absolute Gasteiger partial charge is 0.271 e. The van der Waals surface area contributed by atoms with E-state index in [1.807, 2.05) is 24.3 Å². The van der Waals surface area contributed by atoms with Gasteiger partial charge in [-0.1, -0.05) is 12.1 Å². The Morgan fingerprint density at radius 1 is 1.26 bits per heavy atom. The van der Waals surface area contributed by atoms with Crippen LogP contribution in [0.25, 0.3) is 0 Å². The molecule has 1 heterocycles. The number of methoxy groups -OCH3 is 1. The van der Waals surface area contributed by atoms with Crippen molar-refractivity contribution in [2.75, 3.05) is 7.11 Å². The minimum atomic E-state index is -0.254. The maximum Gasteiger partial charge on any atom is 0.271 e. The van der Waals surface area contributed by atoms with Crippen LogP contribution < -0.4 is 10.1 Å². The number of nitrogens with one attached hydrogen (secondary N) is 1. The molecule has 0 unspecified atom stereocenters. The lowest BCUT2D eigenvalue weighted by molar-refractivity contribution is 0.0945. The molecule has 0 spiro atoms. The molecule has 1 aromatic heterocycles. The molecule has 6 heteroatoms. The van der Waals surface area contributed by atoms with Crippen LogP contribution in [0.5, 0.6) is 5.75 Å². The highest BCUT2D eigenvalue weighted by Gasteiger charge is 2.07. The number of nitrogens with zero attached hydrogens (tertiary/aromatic N) is 2. The fourth-order valence-electron chi connectivity index (χ4n) is 1.45. The lowest BCUT2D eigenvalue weighted by Crippen LogP contribution is -2.23. The number of carbonyl (C=O) groups excluding carboxylic acids is 1. The van der Waals surface area contributed by atoms with Gasteiger partial charge in [-0.2, -0.15) is 0 Å². The first-order valence-electron chi connectivity index (χ1n) is 5.57. The number of aromatic nitrogens is 2. The summed E-state index contributed by atoms with van der Waals surface area (Å²) in [6, 6.07) is 7.49.